The molecule has 3 rings (SSSR count). The molecule has 1 aliphatic heterocycles. The Kier molecular flexibility index (Phi) is 8.94. The molecule has 10 nitrogen and oxygen atoms in total. The van der Waals surface area contributed by atoms with Gasteiger partial charge in [0.2, 0.25) is 11.9 Å². The molecule has 2 N–H and O–H groups in total. The Morgan fingerprint density at radius 3 is 2.30 bits per heavy atom. The van der Waals surface area contributed by atoms with Crippen molar-refractivity contribution >= 4 is 17.5 Å². The minimum Gasteiger partial charge on any atom is -0.379 e. The molecular weight excluding hydrogens is 512 g/mol. The van der Waals surface area contributed by atoms with Crippen molar-refractivity contribution in [2.24, 2.45) is 0 Å². The normalized spacial score (nSPS) is 15.5. The van der Waals surface area contributed by atoms with E-state index in [0.29, 0.717) is 45.0 Å². The first-order valence-corrected chi connectivity index (χ1v) is 11.3. The number of nitrogens with zero attached hydrogens (tertiary/aromatic N) is 5. The second kappa shape index (κ2) is 11.7. The molecule has 0 bridgehead atoms. The quantitative estimate of drug-likeness (QED) is 0.371. The van der Waals surface area contributed by atoms with Gasteiger partial charge in [-0.3, -0.25) is 9.59 Å². The maximum Gasteiger partial charge on any atom is 0.423 e. The van der Waals surface area contributed by atoms with Crippen LogP contribution in [0, 0.1) is 0 Å². The number of alkyl halides is 6. The number of rotatable bonds is 9. The van der Waals surface area contributed by atoms with E-state index < -0.39 is 40.8 Å². The van der Waals surface area contributed by atoms with Crippen LogP contribution in [0.4, 0.5) is 38.0 Å². The van der Waals surface area contributed by atoms with E-state index in [1.807, 2.05) is 0 Å². The first-order chi connectivity index (χ1) is 17.4. The van der Waals surface area contributed by atoms with Crippen molar-refractivity contribution < 1.29 is 35.9 Å². The summed E-state index contributed by atoms with van der Waals surface area (Å²) in [6, 6.07) is -0.563. The third kappa shape index (κ3) is 7.53. The number of halogens is 6. The lowest BCUT2D eigenvalue weighted by atomic mass is 10.2. The highest BCUT2D eigenvalue weighted by Gasteiger charge is 2.37. The van der Waals surface area contributed by atoms with Crippen molar-refractivity contribution in [3.63, 3.8) is 0 Å². The van der Waals surface area contributed by atoms with Crippen molar-refractivity contribution in [1.82, 2.24) is 25.1 Å². The maximum absolute atomic E-state index is 13.2. The molecular formula is C21H25F6N7O3. The number of carbonyl (C=O) groups is 1. The summed E-state index contributed by atoms with van der Waals surface area (Å²) in [6.07, 6.45) is -6.67. The summed E-state index contributed by atoms with van der Waals surface area (Å²) in [5.41, 5.74) is -4.14. The number of piperazine rings is 1. The molecule has 0 spiro atoms. The molecule has 1 aliphatic rings. The van der Waals surface area contributed by atoms with Gasteiger partial charge in [0.05, 0.1) is 37.1 Å². The Balaban J connectivity index is 1.43. The molecule has 1 atom stereocenters. The summed E-state index contributed by atoms with van der Waals surface area (Å²) in [4.78, 5) is 34.8. The van der Waals surface area contributed by atoms with Crippen LogP contribution < -0.4 is 15.8 Å². The van der Waals surface area contributed by atoms with Crippen molar-refractivity contribution in [2.75, 3.05) is 49.6 Å². The van der Waals surface area contributed by atoms with Gasteiger partial charge in [0.15, 0.2) is 0 Å². The van der Waals surface area contributed by atoms with Gasteiger partial charge in [0.25, 0.3) is 5.56 Å². The molecule has 3 heterocycles. The fraction of sp³-hybridized carbons (Fsp3) is 0.571. The van der Waals surface area contributed by atoms with Crippen LogP contribution in [-0.4, -0.2) is 76.4 Å². The number of aromatic nitrogens is 4. The fourth-order valence-electron chi connectivity index (χ4n) is 3.60. The smallest absolute Gasteiger partial charge is 0.379 e. The standard InChI is InChI=1S/C21H25F6N7O3/c1-2-14(31-15-11-30-32-18(36)17(15)21(25,26)27)12-37-8-3-16(35)33-4-6-34(7-5-33)19-28-9-13(10-29-19)20(22,23)24/h9-11,14H,2-8,12H2,1H3,(H2,31,32,36). The lowest BCUT2D eigenvalue weighted by Crippen LogP contribution is -2.49. The van der Waals surface area contributed by atoms with Crippen LogP contribution in [0.2, 0.25) is 0 Å². The average Bonchev–Trinajstić information content (AvgIpc) is 2.84. The number of aromatic amines is 1. The highest BCUT2D eigenvalue weighted by molar-refractivity contribution is 5.76. The van der Waals surface area contributed by atoms with Crippen LogP contribution >= 0.6 is 0 Å². The van der Waals surface area contributed by atoms with E-state index >= 15 is 0 Å². The number of amides is 1. The van der Waals surface area contributed by atoms with Crippen molar-refractivity contribution in [3.05, 3.63) is 40.1 Å². The minimum absolute atomic E-state index is 0.00703. The highest BCUT2D eigenvalue weighted by atomic mass is 19.4. The number of hydrogen-bond donors (Lipinski definition) is 2. The van der Waals surface area contributed by atoms with Crippen LogP contribution in [0.25, 0.3) is 0 Å². The lowest BCUT2D eigenvalue weighted by Gasteiger charge is -2.34. The Bertz CT molecular complexity index is 1100. The molecule has 1 amide bonds. The summed E-state index contributed by atoms with van der Waals surface area (Å²) in [5, 5.41) is 7.80. The molecule has 1 unspecified atom stereocenters. The molecule has 16 heteroatoms. The Labute approximate surface area is 207 Å². The zero-order chi connectivity index (χ0) is 27.2. The van der Waals surface area contributed by atoms with E-state index in [-0.39, 0.29) is 31.5 Å². The van der Waals surface area contributed by atoms with E-state index in [1.165, 1.54) is 0 Å². The summed E-state index contributed by atoms with van der Waals surface area (Å²) in [5.74, 6) is -0.0574. The lowest BCUT2D eigenvalue weighted by molar-refractivity contribution is -0.139. The Morgan fingerprint density at radius 2 is 1.73 bits per heavy atom. The fourth-order valence-corrected chi connectivity index (χ4v) is 3.60. The predicted octanol–water partition coefficient (Wildman–Crippen LogP) is 2.54. The van der Waals surface area contributed by atoms with Gasteiger partial charge in [-0.05, 0) is 6.42 Å². The molecule has 0 aliphatic carbocycles. The van der Waals surface area contributed by atoms with Gasteiger partial charge in [-0.25, -0.2) is 15.1 Å². The number of nitrogens with one attached hydrogen (secondary N) is 2. The number of carbonyl (C=O) groups excluding carboxylic acids is 1. The van der Waals surface area contributed by atoms with E-state index in [0.717, 1.165) is 6.20 Å². The minimum atomic E-state index is -4.87. The summed E-state index contributed by atoms with van der Waals surface area (Å²) >= 11 is 0. The van der Waals surface area contributed by atoms with Crippen LogP contribution in [0.5, 0.6) is 0 Å². The second-order valence-corrected chi connectivity index (χ2v) is 8.20. The number of H-pyrrole nitrogens is 1. The van der Waals surface area contributed by atoms with Gasteiger partial charge in [-0.2, -0.15) is 31.4 Å². The van der Waals surface area contributed by atoms with Gasteiger partial charge in [-0.15, -0.1) is 0 Å². The summed E-state index contributed by atoms with van der Waals surface area (Å²) in [6.45, 7) is 3.05. The third-order valence-corrected chi connectivity index (χ3v) is 5.65. The van der Waals surface area contributed by atoms with Gasteiger partial charge >= 0.3 is 12.4 Å². The Hall–Kier alpha value is -3.43. The second-order valence-electron chi connectivity index (χ2n) is 8.20. The van der Waals surface area contributed by atoms with Crippen LogP contribution in [-0.2, 0) is 21.9 Å². The molecule has 2 aromatic rings. The van der Waals surface area contributed by atoms with Gasteiger partial charge < -0.3 is 19.9 Å². The topological polar surface area (TPSA) is 116 Å². The zero-order valence-electron chi connectivity index (χ0n) is 19.7. The molecule has 204 valence electrons. The van der Waals surface area contributed by atoms with Crippen LogP contribution in [0.3, 0.4) is 0 Å². The van der Waals surface area contributed by atoms with E-state index in [4.69, 9.17) is 4.74 Å². The van der Waals surface area contributed by atoms with Crippen molar-refractivity contribution in [2.45, 2.75) is 38.2 Å². The van der Waals surface area contributed by atoms with E-state index in [1.54, 1.807) is 21.8 Å². The van der Waals surface area contributed by atoms with Crippen LogP contribution in [0.1, 0.15) is 30.9 Å². The van der Waals surface area contributed by atoms with Gasteiger partial charge in [-0.1, -0.05) is 6.92 Å². The average molecular weight is 537 g/mol. The molecule has 0 saturated carbocycles. The Morgan fingerprint density at radius 1 is 1.08 bits per heavy atom. The zero-order valence-corrected chi connectivity index (χ0v) is 19.7. The SMILES string of the molecule is CCC(COCCC(=O)N1CCN(c2ncc(C(F)(F)F)cn2)CC1)Nc1cn[nH]c(=O)c1C(F)(F)F. The molecule has 0 radical (unpaired) electrons. The largest absolute Gasteiger partial charge is 0.423 e. The summed E-state index contributed by atoms with van der Waals surface area (Å²) in [7, 11) is 0. The highest BCUT2D eigenvalue weighted by Crippen LogP contribution is 2.32. The van der Waals surface area contributed by atoms with Crippen LogP contribution in [0.15, 0.2) is 23.4 Å². The number of anilines is 2. The molecule has 0 aromatic carbocycles. The first kappa shape index (κ1) is 28.1. The van der Waals surface area contributed by atoms with Crippen molar-refractivity contribution in [3.8, 4) is 0 Å². The monoisotopic (exact) mass is 537 g/mol. The maximum atomic E-state index is 13.2. The molecule has 1 fully saturated rings. The summed E-state index contributed by atoms with van der Waals surface area (Å²) < 4.78 is 83.1. The number of ether oxygens (including phenoxy) is 1. The van der Waals surface area contributed by atoms with E-state index in [9.17, 15) is 35.9 Å². The van der Waals surface area contributed by atoms with Gasteiger partial charge in [0.1, 0.15) is 5.56 Å². The molecule has 2 aromatic heterocycles. The first-order valence-electron chi connectivity index (χ1n) is 11.3. The molecule has 37 heavy (non-hydrogen) atoms. The number of hydrogen-bond acceptors (Lipinski definition) is 8. The molecule has 1 saturated heterocycles. The van der Waals surface area contributed by atoms with Crippen molar-refractivity contribution in [1.29, 1.82) is 0 Å². The predicted molar refractivity (Wildman–Crippen MR) is 119 cm³/mol. The van der Waals surface area contributed by atoms with E-state index in [2.05, 4.69) is 20.4 Å². The third-order valence-electron chi connectivity index (χ3n) is 5.65. The van der Waals surface area contributed by atoms with Gasteiger partial charge in [0, 0.05) is 44.6 Å².